The van der Waals surface area contributed by atoms with Crippen LogP contribution in [0, 0.1) is 5.92 Å². The molecule has 38 heavy (non-hydrogen) atoms. The van der Waals surface area contributed by atoms with Gasteiger partial charge in [-0.3, -0.25) is 9.59 Å². The Labute approximate surface area is 223 Å². The van der Waals surface area contributed by atoms with Crippen molar-refractivity contribution in [3.05, 3.63) is 77.9 Å². The van der Waals surface area contributed by atoms with Gasteiger partial charge < -0.3 is 30.3 Å². The van der Waals surface area contributed by atoms with Gasteiger partial charge in [0.15, 0.2) is 0 Å². The molecule has 8 nitrogen and oxygen atoms in total. The van der Waals surface area contributed by atoms with Crippen molar-refractivity contribution in [1.29, 1.82) is 0 Å². The number of nitrogens with zero attached hydrogens (tertiary/aromatic N) is 2. The van der Waals surface area contributed by atoms with E-state index in [1.807, 2.05) is 12.1 Å². The zero-order chi connectivity index (χ0) is 26.5. The summed E-state index contributed by atoms with van der Waals surface area (Å²) < 4.78 is 5.14. The topological polar surface area (TPSA) is 94.1 Å². The molecule has 1 saturated heterocycles. The minimum absolute atomic E-state index is 0.136. The average Bonchev–Trinajstić information content (AvgIpc) is 3.78. The van der Waals surface area contributed by atoms with Gasteiger partial charge >= 0.3 is 0 Å². The lowest BCUT2D eigenvalue weighted by molar-refractivity contribution is 0.101. The van der Waals surface area contributed by atoms with Crippen LogP contribution in [0.25, 0.3) is 0 Å². The Morgan fingerprint density at radius 3 is 2.24 bits per heavy atom. The Hall–Kier alpha value is -4.04. The summed E-state index contributed by atoms with van der Waals surface area (Å²) in [6.45, 7) is 5.42. The molecule has 0 unspecified atom stereocenters. The summed E-state index contributed by atoms with van der Waals surface area (Å²) in [7, 11) is 1.56. The molecular weight excluding hydrogens is 480 g/mol. The molecule has 5 rings (SSSR count). The number of para-hydroxylation sites is 1. The number of carbonyl (C=O) groups excluding carboxylic acids is 2. The van der Waals surface area contributed by atoms with E-state index >= 15 is 0 Å². The highest BCUT2D eigenvalue weighted by Crippen LogP contribution is 2.33. The maximum atomic E-state index is 13.1. The van der Waals surface area contributed by atoms with Gasteiger partial charge in [0.05, 0.1) is 12.8 Å². The van der Waals surface area contributed by atoms with Crippen molar-refractivity contribution in [3.63, 3.8) is 0 Å². The summed E-state index contributed by atoms with van der Waals surface area (Å²) in [6.07, 6.45) is 3.88. The molecule has 198 valence electrons. The number of hydrogen-bond acceptors (Lipinski definition) is 6. The van der Waals surface area contributed by atoms with E-state index in [0.717, 1.165) is 44.2 Å². The van der Waals surface area contributed by atoms with E-state index in [0.29, 0.717) is 22.6 Å². The quantitative estimate of drug-likeness (QED) is 0.373. The second-order valence-corrected chi connectivity index (χ2v) is 9.97. The van der Waals surface area contributed by atoms with Crippen LogP contribution in [0.3, 0.4) is 0 Å². The molecule has 3 aromatic carbocycles. The summed E-state index contributed by atoms with van der Waals surface area (Å²) in [6, 6.07) is 18.9. The Kier molecular flexibility index (Phi) is 7.79. The number of rotatable bonds is 8. The highest BCUT2D eigenvalue weighted by atomic mass is 16.5. The highest BCUT2D eigenvalue weighted by Gasteiger charge is 2.25. The number of nitrogens with one attached hydrogen (secondary N) is 2. The lowest BCUT2D eigenvalue weighted by Crippen LogP contribution is -2.32. The molecule has 0 spiro atoms. The van der Waals surface area contributed by atoms with Crippen LogP contribution in [0.5, 0.6) is 11.5 Å². The van der Waals surface area contributed by atoms with Gasteiger partial charge in [-0.1, -0.05) is 6.07 Å². The molecule has 1 heterocycles. The molecule has 3 N–H and O–H groups in total. The maximum absolute atomic E-state index is 13.1. The summed E-state index contributed by atoms with van der Waals surface area (Å²) in [4.78, 5) is 30.8. The van der Waals surface area contributed by atoms with E-state index < -0.39 is 0 Å². The number of phenolic OH excluding ortho intramolecular Hbond substituents is 1. The van der Waals surface area contributed by atoms with E-state index in [1.165, 1.54) is 25.5 Å². The predicted molar refractivity (Wildman–Crippen MR) is 149 cm³/mol. The molecule has 0 bridgehead atoms. The fourth-order valence-corrected chi connectivity index (χ4v) is 4.80. The van der Waals surface area contributed by atoms with Gasteiger partial charge in [0, 0.05) is 43.0 Å². The van der Waals surface area contributed by atoms with E-state index in [1.54, 1.807) is 55.6 Å². The number of ether oxygens (including phenoxy) is 1. The molecule has 2 aliphatic rings. The first-order chi connectivity index (χ1) is 18.5. The van der Waals surface area contributed by atoms with Gasteiger partial charge in [-0.05, 0) is 92.4 Å². The van der Waals surface area contributed by atoms with Gasteiger partial charge in [-0.15, -0.1) is 0 Å². The number of carbonyl (C=O) groups is 2. The van der Waals surface area contributed by atoms with Gasteiger partial charge in [-0.25, -0.2) is 0 Å². The van der Waals surface area contributed by atoms with E-state index in [4.69, 9.17) is 4.74 Å². The van der Waals surface area contributed by atoms with Crippen molar-refractivity contribution in [1.82, 2.24) is 4.90 Å². The lowest BCUT2D eigenvalue weighted by atomic mass is 10.1. The smallest absolute Gasteiger partial charge is 0.255 e. The van der Waals surface area contributed by atoms with Crippen LogP contribution >= 0.6 is 0 Å². The van der Waals surface area contributed by atoms with Crippen LogP contribution in [-0.4, -0.2) is 61.7 Å². The number of methoxy groups -OCH3 is 1. The monoisotopic (exact) mass is 514 g/mol. The molecule has 3 aromatic rings. The Balaban J connectivity index is 1.23. The first-order valence-electron chi connectivity index (χ1n) is 13.2. The molecular formula is C30H34N4O4. The minimum atomic E-state index is -0.371. The predicted octanol–water partition coefficient (Wildman–Crippen LogP) is 4.83. The summed E-state index contributed by atoms with van der Waals surface area (Å²) in [5.41, 5.74) is 2.44. The molecule has 1 saturated carbocycles. The average molecular weight is 515 g/mol. The number of hydrogen-bond donors (Lipinski definition) is 3. The zero-order valence-corrected chi connectivity index (χ0v) is 21.7. The Morgan fingerprint density at radius 2 is 1.55 bits per heavy atom. The van der Waals surface area contributed by atoms with Crippen LogP contribution in [-0.2, 0) is 0 Å². The van der Waals surface area contributed by atoms with E-state index in [9.17, 15) is 14.7 Å². The normalized spacial score (nSPS) is 16.0. The number of amides is 2. The molecule has 1 aliphatic carbocycles. The molecule has 0 aromatic heterocycles. The van der Waals surface area contributed by atoms with Crippen LogP contribution in [0.15, 0.2) is 66.7 Å². The van der Waals surface area contributed by atoms with Gasteiger partial charge in [0.25, 0.3) is 11.8 Å². The fourth-order valence-electron chi connectivity index (χ4n) is 4.80. The first kappa shape index (κ1) is 25.6. The summed E-state index contributed by atoms with van der Waals surface area (Å²) >= 11 is 0. The summed E-state index contributed by atoms with van der Waals surface area (Å²) in [5.74, 6) is 0.669. The molecule has 8 heteroatoms. The Morgan fingerprint density at radius 1 is 0.868 bits per heavy atom. The van der Waals surface area contributed by atoms with Crippen LogP contribution in [0.2, 0.25) is 0 Å². The van der Waals surface area contributed by atoms with E-state index in [-0.39, 0.29) is 23.3 Å². The maximum Gasteiger partial charge on any atom is 0.255 e. The van der Waals surface area contributed by atoms with Gasteiger partial charge in [-0.2, -0.15) is 0 Å². The second kappa shape index (κ2) is 11.6. The van der Waals surface area contributed by atoms with E-state index in [2.05, 4.69) is 20.4 Å². The molecule has 2 amide bonds. The van der Waals surface area contributed by atoms with Crippen LogP contribution in [0.1, 0.15) is 40.0 Å². The minimum Gasteiger partial charge on any atom is -0.506 e. The van der Waals surface area contributed by atoms with Gasteiger partial charge in [0.2, 0.25) is 0 Å². The van der Waals surface area contributed by atoms with Crippen molar-refractivity contribution in [3.8, 4) is 11.5 Å². The highest BCUT2D eigenvalue weighted by molar-refractivity contribution is 6.11. The van der Waals surface area contributed by atoms with Crippen molar-refractivity contribution < 1.29 is 19.4 Å². The lowest BCUT2D eigenvalue weighted by Gasteiger charge is -2.24. The van der Waals surface area contributed by atoms with Crippen molar-refractivity contribution in [2.24, 2.45) is 5.92 Å². The standard InChI is InChI=1S/C30H34N4O4/c1-38-25-14-10-23(11-15-25)29(36)31-26-4-2-5-27(35)28(26)32-30(37)22-8-12-24(13-9-22)34-17-3-16-33(18-19-34)20-21-6-7-21/h2,4-5,8-15,21,35H,3,6-7,16-20H2,1H3,(H,31,36)(H,32,37). The van der Waals surface area contributed by atoms with Crippen LogP contribution in [0.4, 0.5) is 17.1 Å². The largest absolute Gasteiger partial charge is 0.506 e. The molecule has 2 fully saturated rings. The zero-order valence-electron chi connectivity index (χ0n) is 21.7. The number of phenols is 1. The van der Waals surface area contributed by atoms with Crippen molar-refractivity contribution in [2.45, 2.75) is 19.3 Å². The molecule has 0 radical (unpaired) electrons. The third kappa shape index (κ3) is 6.26. The number of anilines is 3. The third-order valence-corrected chi connectivity index (χ3v) is 7.18. The fraction of sp³-hybridized carbons (Fsp3) is 0.333. The number of aromatic hydroxyl groups is 1. The summed E-state index contributed by atoms with van der Waals surface area (Å²) in [5, 5.41) is 16.0. The van der Waals surface area contributed by atoms with Crippen molar-refractivity contribution in [2.75, 3.05) is 55.4 Å². The second-order valence-electron chi connectivity index (χ2n) is 9.97. The van der Waals surface area contributed by atoms with Gasteiger partial charge in [0.1, 0.15) is 17.2 Å². The molecule has 0 atom stereocenters. The molecule has 1 aliphatic heterocycles. The van der Waals surface area contributed by atoms with Crippen LogP contribution < -0.4 is 20.3 Å². The number of benzene rings is 3. The SMILES string of the molecule is COc1ccc(C(=O)Nc2cccc(O)c2NC(=O)c2ccc(N3CCCN(CC4CC4)CC3)cc2)cc1. The van der Waals surface area contributed by atoms with Crippen molar-refractivity contribution >= 4 is 28.9 Å². The first-order valence-corrected chi connectivity index (χ1v) is 13.2. The third-order valence-electron chi connectivity index (χ3n) is 7.18. The Bertz CT molecular complexity index is 1270.